The number of ether oxygens (including phenoxy) is 1. The van der Waals surface area contributed by atoms with E-state index in [-0.39, 0.29) is 5.91 Å². The lowest BCUT2D eigenvalue weighted by Crippen LogP contribution is -2.56. The standard InChI is InChI=1S/C24H30ClNO4S/c1-3-16-9-12-24(13-10-16,23(28)29)26-22(27)21-15-19(20(4-2)31-21)30-14-11-17-7-5-6-8-18(17)25/h5-8,15-16H,3-4,9-14H2,1-2H3,(H,26,27)(H,28,29). The quantitative estimate of drug-likeness (QED) is 0.497. The van der Waals surface area contributed by atoms with E-state index in [0.29, 0.717) is 47.4 Å². The molecule has 0 aliphatic heterocycles. The topological polar surface area (TPSA) is 75.6 Å². The molecular formula is C24H30ClNO4S. The largest absolute Gasteiger partial charge is 0.492 e. The van der Waals surface area contributed by atoms with Gasteiger partial charge in [-0.2, -0.15) is 0 Å². The zero-order valence-electron chi connectivity index (χ0n) is 18.1. The van der Waals surface area contributed by atoms with Gasteiger partial charge in [-0.05, 0) is 49.7 Å². The SMILES string of the molecule is CCc1sc(C(=O)NC2(C(=O)O)CCC(CC)CC2)cc1OCCc1ccccc1Cl. The van der Waals surface area contributed by atoms with Crippen molar-refractivity contribution in [2.24, 2.45) is 5.92 Å². The van der Waals surface area contributed by atoms with Gasteiger partial charge in [0, 0.05) is 22.4 Å². The van der Waals surface area contributed by atoms with Gasteiger partial charge in [0.15, 0.2) is 0 Å². The molecule has 1 aromatic carbocycles. The summed E-state index contributed by atoms with van der Waals surface area (Å²) in [6.45, 7) is 4.59. The predicted octanol–water partition coefficient (Wildman–Crippen LogP) is 5.74. The van der Waals surface area contributed by atoms with Crippen LogP contribution in [0.5, 0.6) is 5.75 Å². The Morgan fingerprint density at radius 2 is 1.97 bits per heavy atom. The minimum absolute atomic E-state index is 0.335. The average molecular weight is 464 g/mol. The summed E-state index contributed by atoms with van der Waals surface area (Å²) in [5.74, 6) is -0.0587. The third-order valence-electron chi connectivity index (χ3n) is 6.20. The molecular weight excluding hydrogens is 434 g/mol. The van der Waals surface area contributed by atoms with Crippen molar-refractivity contribution in [3.8, 4) is 5.75 Å². The van der Waals surface area contributed by atoms with Crippen LogP contribution in [0.2, 0.25) is 5.02 Å². The minimum atomic E-state index is -1.18. The molecule has 168 valence electrons. The number of carbonyl (C=O) groups is 2. The second kappa shape index (κ2) is 10.5. The van der Waals surface area contributed by atoms with E-state index in [1.54, 1.807) is 6.07 Å². The van der Waals surface area contributed by atoms with Gasteiger partial charge >= 0.3 is 5.97 Å². The van der Waals surface area contributed by atoms with Crippen LogP contribution in [0.15, 0.2) is 30.3 Å². The Balaban J connectivity index is 1.67. The monoisotopic (exact) mass is 463 g/mol. The van der Waals surface area contributed by atoms with E-state index < -0.39 is 11.5 Å². The molecule has 1 fully saturated rings. The second-order valence-corrected chi connectivity index (χ2v) is 9.68. The van der Waals surface area contributed by atoms with Crippen molar-refractivity contribution in [3.63, 3.8) is 0 Å². The van der Waals surface area contributed by atoms with Crippen LogP contribution in [-0.2, 0) is 17.6 Å². The fourth-order valence-electron chi connectivity index (χ4n) is 4.11. The average Bonchev–Trinajstić information content (AvgIpc) is 3.19. The maximum atomic E-state index is 13.0. The number of carboxylic acids is 1. The summed E-state index contributed by atoms with van der Waals surface area (Å²) in [4.78, 5) is 26.4. The van der Waals surface area contributed by atoms with Gasteiger partial charge in [0.05, 0.1) is 11.5 Å². The molecule has 0 radical (unpaired) electrons. The summed E-state index contributed by atoms with van der Waals surface area (Å²) in [5.41, 5.74) is -0.161. The van der Waals surface area contributed by atoms with Gasteiger partial charge in [0.2, 0.25) is 0 Å². The number of nitrogens with one attached hydrogen (secondary N) is 1. The van der Waals surface area contributed by atoms with Crippen molar-refractivity contribution >= 4 is 34.8 Å². The number of hydrogen-bond acceptors (Lipinski definition) is 4. The zero-order chi connectivity index (χ0) is 22.4. The molecule has 1 heterocycles. The predicted molar refractivity (Wildman–Crippen MR) is 124 cm³/mol. The smallest absolute Gasteiger partial charge is 0.329 e. The first-order chi connectivity index (χ1) is 14.9. The van der Waals surface area contributed by atoms with E-state index in [0.717, 1.165) is 36.1 Å². The summed E-state index contributed by atoms with van der Waals surface area (Å²) in [6.07, 6.45) is 5.04. The number of halogens is 1. The van der Waals surface area contributed by atoms with Crippen molar-refractivity contribution in [3.05, 3.63) is 50.7 Å². The first-order valence-corrected chi connectivity index (χ1v) is 12.1. The lowest BCUT2D eigenvalue weighted by molar-refractivity contribution is -0.146. The number of carbonyl (C=O) groups excluding carboxylic acids is 1. The van der Waals surface area contributed by atoms with Crippen LogP contribution in [0.3, 0.4) is 0 Å². The van der Waals surface area contributed by atoms with E-state index in [4.69, 9.17) is 16.3 Å². The van der Waals surface area contributed by atoms with E-state index >= 15 is 0 Å². The molecule has 5 nitrogen and oxygen atoms in total. The third kappa shape index (κ3) is 5.60. The van der Waals surface area contributed by atoms with Crippen LogP contribution in [0.25, 0.3) is 0 Å². The van der Waals surface area contributed by atoms with Gasteiger partial charge in [-0.25, -0.2) is 4.79 Å². The van der Waals surface area contributed by atoms with E-state index in [9.17, 15) is 14.7 Å². The first kappa shape index (κ1) is 23.6. The van der Waals surface area contributed by atoms with Crippen LogP contribution >= 0.6 is 22.9 Å². The molecule has 1 saturated carbocycles. The van der Waals surface area contributed by atoms with E-state index in [1.807, 2.05) is 31.2 Å². The Morgan fingerprint density at radius 1 is 1.26 bits per heavy atom. The highest BCUT2D eigenvalue weighted by Gasteiger charge is 2.43. The highest BCUT2D eigenvalue weighted by atomic mass is 35.5. The summed E-state index contributed by atoms with van der Waals surface area (Å²) in [5, 5.41) is 13.4. The molecule has 1 aliphatic carbocycles. The number of rotatable bonds is 9. The van der Waals surface area contributed by atoms with Crippen molar-refractivity contribution in [1.82, 2.24) is 5.32 Å². The number of benzene rings is 1. The Morgan fingerprint density at radius 3 is 2.58 bits per heavy atom. The van der Waals surface area contributed by atoms with Crippen molar-refractivity contribution in [2.75, 3.05) is 6.61 Å². The molecule has 2 N–H and O–H groups in total. The van der Waals surface area contributed by atoms with Crippen LogP contribution < -0.4 is 10.1 Å². The van der Waals surface area contributed by atoms with Gasteiger partial charge in [0.1, 0.15) is 11.3 Å². The van der Waals surface area contributed by atoms with Crippen molar-refractivity contribution in [1.29, 1.82) is 0 Å². The molecule has 0 spiro atoms. The van der Waals surface area contributed by atoms with Gasteiger partial charge in [-0.15, -0.1) is 11.3 Å². The maximum absolute atomic E-state index is 13.0. The normalized spacial score (nSPS) is 20.9. The van der Waals surface area contributed by atoms with Crippen LogP contribution in [0.4, 0.5) is 0 Å². The van der Waals surface area contributed by atoms with Crippen molar-refractivity contribution in [2.45, 2.75) is 64.3 Å². The Bertz CT molecular complexity index is 918. The second-order valence-electron chi connectivity index (χ2n) is 8.13. The molecule has 1 aliphatic rings. The lowest BCUT2D eigenvalue weighted by atomic mass is 9.75. The highest BCUT2D eigenvalue weighted by Crippen LogP contribution is 2.35. The number of thiophene rings is 1. The van der Waals surface area contributed by atoms with Gasteiger partial charge in [0.25, 0.3) is 5.91 Å². The molecule has 0 unspecified atom stereocenters. The van der Waals surface area contributed by atoms with Gasteiger partial charge in [-0.3, -0.25) is 4.79 Å². The molecule has 0 atom stereocenters. The van der Waals surface area contributed by atoms with Crippen molar-refractivity contribution < 1.29 is 19.4 Å². The molecule has 1 amide bonds. The molecule has 0 bridgehead atoms. The fourth-order valence-corrected chi connectivity index (χ4v) is 5.28. The number of carboxylic acid groups (broad SMARTS) is 1. The Kier molecular flexibility index (Phi) is 8.00. The molecule has 7 heteroatoms. The number of amides is 1. The molecule has 2 aromatic rings. The zero-order valence-corrected chi connectivity index (χ0v) is 19.7. The fraction of sp³-hybridized carbons (Fsp3) is 0.500. The summed E-state index contributed by atoms with van der Waals surface area (Å²) < 4.78 is 5.96. The Hall–Kier alpha value is -2.05. The third-order valence-corrected chi connectivity index (χ3v) is 7.83. The van der Waals surface area contributed by atoms with E-state index in [2.05, 4.69) is 12.2 Å². The molecule has 0 saturated heterocycles. The maximum Gasteiger partial charge on any atom is 0.329 e. The Labute approximate surface area is 192 Å². The van der Waals surface area contributed by atoms with E-state index in [1.165, 1.54) is 11.3 Å². The van der Waals surface area contributed by atoms with Crippen LogP contribution in [-0.4, -0.2) is 29.1 Å². The molecule has 1 aromatic heterocycles. The summed E-state index contributed by atoms with van der Waals surface area (Å²) in [6, 6.07) is 9.39. The summed E-state index contributed by atoms with van der Waals surface area (Å²) in [7, 11) is 0. The lowest BCUT2D eigenvalue weighted by Gasteiger charge is -2.37. The van der Waals surface area contributed by atoms with Crippen LogP contribution in [0.1, 0.15) is 66.1 Å². The number of aliphatic carboxylic acids is 1. The molecule has 3 rings (SSSR count). The van der Waals surface area contributed by atoms with Gasteiger partial charge in [-0.1, -0.05) is 50.1 Å². The summed E-state index contributed by atoms with van der Waals surface area (Å²) >= 11 is 7.57. The number of aryl methyl sites for hydroxylation is 1. The van der Waals surface area contributed by atoms with Gasteiger partial charge < -0.3 is 15.2 Å². The van der Waals surface area contributed by atoms with Crippen LogP contribution in [0, 0.1) is 5.92 Å². The minimum Gasteiger partial charge on any atom is -0.492 e. The highest BCUT2D eigenvalue weighted by molar-refractivity contribution is 7.14. The number of hydrogen-bond donors (Lipinski definition) is 2. The first-order valence-electron chi connectivity index (χ1n) is 10.9. The molecule has 31 heavy (non-hydrogen) atoms.